The first kappa shape index (κ1) is 20.1. The van der Waals surface area contributed by atoms with Crippen LogP contribution in [-0.4, -0.2) is 37.3 Å². The molecule has 1 aliphatic heterocycles. The Hall–Kier alpha value is -2.60. The van der Waals surface area contributed by atoms with Gasteiger partial charge in [-0.15, -0.1) is 0 Å². The van der Waals surface area contributed by atoms with E-state index in [1.54, 1.807) is 6.20 Å². The van der Waals surface area contributed by atoms with E-state index < -0.39 is 0 Å². The standard InChI is InChI=1S/C22H30N4O2/c1-3-17(4-2)21(18-8-6-5-7-9-18)25-22(27)24-19-10-11-20(23-16-19)26-12-14-28-15-13-26/h5-11,16-17,21H,3-4,12-15H2,1-2H3,(H2,24,25,27). The zero-order valence-electron chi connectivity index (χ0n) is 16.7. The number of benzene rings is 1. The molecule has 2 amide bonds. The number of hydrogen-bond acceptors (Lipinski definition) is 4. The summed E-state index contributed by atoms with van der Waals surface area (Å²) in [5, 5.41) is 6.08. The number of nitrogens with one attached hydrogen (secondary N) is 2. The maximum atomic E-state index is 12.6. The summed E-state index contributed by atoms with van der Waals surface area (Å²) in [5.41, 5.74) is 1.82. The third-order valence-electron chi connectivity index (χ3n) is 5.31. The highest BCUT2D eigenvalue weighted by atomic mass is 16.5. The first-order valence-corrected chi connectivity index (χ1v) is 10.1. The first-order valence-electron chi connectivity index (χ1n) is 10.1. The number of amides is 2. The number of carbonyl (C=O) groups is 1. The smallest absolute Gasteiger partial charge is 0.319 e. The van der Waals surface area contributed by atoms with Crippen LogP contribution in [-0.2, 0) is 4.74 Å². The fourth-order valence-electron chi connectivity index (χ4n) is 3.64. The van der Waals surface area contributed by atoms with Crippen LogP contribution in [0.1, 0.15) is 38.3 Å². The minimum atomic E-state index is -0.207. The van der Waals surface area contributed by atoms with Crippen LogP contribution < -0.4 is 15.5 Å². The lowest BCUT2D eigenvalue weighted by atomic mass is 9.89. The first-order chi connectivity index (χ1) is 13.7. The molecule has 2 aromatic rings. The Balaban J connectivity index is 1.64. The molecule has 1 fully saturated rings. The van der Waals surface area contributed by atoms with E-state index in [9.17, 15) is 4.79 Å². The van der Waals surface area contributed by atoms with Crippen molar-refractivity contribution in [3.8, 4) is 0 Å². The van der Waals surface area contributed by atoms with E-state index in [0.717, 1.165) is 50.5 Å². The summed E-state index contributed by atoms with van der Waals surface area (Å²) < 4.78 is 5.37. The van der Waals surface area contributed by atoms with Gasteiger partial charge in [0.05, 0.1) is 31.1 Å². The number of morpholine rings is 1. The fourth-order valence-corrected chi connectivity index (χ4v) is 3.64. The molecule has 28 heavy (non-hydrogen) atoms. The lowest BCUT2D eigenvalue weighted by molar-refractivity contribution is 0.122. The van der Waals surface area contributed by atoms with Gasteiger partial charge in [0.15, 0.2) is 0 Å². The topological polar surface area (TPSA) is 66.5 Å². The number of anilines is 2. The predicted molar refractivity (Wildman–Crippen MR) is 113 cm³/mol. The number of carbonyl (C=O) groups excluding carboxylic acids is 1. The van der Waals surface area contributed by atoms with E-state index in [2.05, 4.69) is 46.5 Å². The molecular formula is C22H30N4O2. The number of nitrogens with zero attached hydrogens (tertiary/aromatic N) is 2. The maximum absolute atomic E-state index is 12.6. The van der Waals surface area contributed by atoms with Gasteiger partial charge in [-0.1, -0.05) is 57.0 Å². The quantitative estimate of drug-likeness (QED) is 0.752. The van der Waals surface area contributed by atoms with Crippen molar-refractivity contribution in [3.05, 3.63) is 54.2 Å². The van der Waals surface area contributed by atoms with Gasteiger partial charge in [-0.05, 0) is 23.6 Å². The molecule has 2 heterocycles. The SMILES string of the molecule is CCC(CC)C(NC(=O)Nc1ccc(N2CCOCC2)nc1)c1ccccc1. The van der Waals surface area contributed by atoms with Crippen LogP contribution in [0.25, 0.3) is 0 Å². The summed E-state index contributed by atoms with van der Waals surface area (Å²) >= 11 is 0. The largest absolute Gasteiger partial charge is 0.378 e. The summed E-state index contributed by atoms with van der Waals surface area (Å²) in [7, 11) is 0. The van der Waals surface area contributed by atoms with E-state index in [4.69, 9.17) is 4.74 Å². The van der Waals surface area contributed by atoms with Crippen molar-refractivity contribution in [2.75, 3.05) is 36.5 Å². The van der Waals surface area contributed by atoms with Gasteiger partial charge in [0, 0.05) is 13.1 Å². The van der Waals surface area contributed by atoms with Crippen LogP contribution >= 0.6 is 0 Å². The van der Waals surface area contributed by atoms with Crippen LogP contribution in [0.4, 0.5) is 16.3 Å². The molecule has 1 atom stereocenters. The van der Waals surface area contributed by atoms with Gasteiger partial charge in [0.2, 0.25) is 0 Å². The Labute approximate surface area is 167 Å². The van der Waals surface area contributed by atoms with Gasteiger partial charge in [0.25, 0.3) is 0 Å². The average molecular weight is 383 g/mol. The van der Waals surface area contributed by atoms with Crippen molar-refractivity contribution in [3.63, 3.8) is 0 Å². The molecule has 0 aliphatic carbocycles. The molecule has 0 spiro atoms. The lowest BCUT2D eigenvalue weighted by Crippen LogP contribution is -2.37. The van der Waals surface area contributed by atoms with Crippen LogP contribution in [0.2, 0.25) is 0 Å². The molecule has 1 aromatic carbocycles. The van der Waals surface area contributed by atoms with Crippen LogP contribution in [0.5, 0.6) is 0 Å². The van der Waals surface area contributed by atoms with E-state index >= 15 is 0 Å². The summed E-state index contributed by atoms with van der Waals surface area (Å²) in [6, 6.07) is 13.8. The molecule has 0 bridgehead atoms. The van der Waals surface area contributed by atoms with E-state index in [1.165, 1.54) is 0 Å². The second kappa shape index (κ2) is 10.1. The van der Waals surface area contributed by atoms with Gasteiger partial charge < -0.3 is 20.3 Å². The van der Waals surface area contributed by atoms with Crippen LogP contribution in [0.15, 0.2) is 48.7 Å². The third-order valence-corrected chi connectivity index (χ3v) is 5.31. The number of pyridine rings is 1. The van der Waals surface area contributed by atoms with Crippen molar-refractivity contribution < 1.29 is 9.53 Å². The van der Waals surface area contributed by atoms with Crippen LogP contribution in [0, 0.1) is 5.92 Å². The lowest BCUT2D eigenvalue weighted by Gasteiger charge is -2.28. The molecule has 0 radical (unpaired) electrons. The molecule has 2 N–H and O–H groups in total. The molecule has 3 rings (SSSR count). The van der Waals surface area contributed by atoms with Crippen molar-refractivity contribution in [1.82, 2.24) is 10.3 Å². The fraction of sp³-hybridized carbons (Fsp3) is 0.455. The third kappa shape index (κ3) is 5.23. The van der Waals surface area contributed by atoms with Gasteiger partial charge in [-0.25, -0.2) is 9.78 Å². The van der Waals surface area contributed by atoms with Crippen molar-refractivity contribution in [2.24, 2.45) is 5.92 Å². The Kier molecular flexibility index (Phi) is 7.25. The van der Waals surface area contributed by atoms with Gasteiger partial charge >= 0.3 is 6.03 Å². The molecule has 1 saturated heterocycles. The highest BCUT2D eigenvalue weighted by Gasteiger charge is 2.22. The second-order valence-corrected chi connectivity index (χ2v) is 7.07. The zero-order valence-corrected chi connectivity index (χ0v) is 16.7. The van der Waals surface area contributed by atoms with Crippen LogP contribution in [0.3, 0.4) is 0 Å². The second-order valence-electron chi connectivity index (χ2n) is 7.07. The minimum Gasteiger partial charge on any atom is -0.378 e. The van der Waals surface area contributed by atoms with E-state index in [-0.39, 0.29) is 12.1 Å². The Bertz CT molecular complexity index is 726. The summed E-state index contributed by atoms with van der Waals surface area (Å²) in [4.78, 5) is 19.3. The number of urea groups is 1. The summed E-state index contributed by atoms with van der Waals surface area (Å²) in [6.07, 6.45) is 3.72. The highest BCUT2D eigenvalue weighted by molar-refractivity contribution is 5.89. The number of hydrogen-bond donors (Lipinski definition) is 2. The number of aromatic nitrogens is 1. The Morgan fingerprint density at radius 2 is 1.82 bits per heavy atom. The van der Waals surface area contributed by atoms with E-state index in [0.29, 0.717) is 11.6 Å². The molecule has 1 aromatic heterocycles. The van der Waals surface area contributed by atoms with Crippen molar-refractivity contribution in [2.45, 2.75) is 32.7 Å². The van der Waals surface area contributed by atoms with Crippen molar-refractivity contribution in [1.29, 1.82) is 0 Å². The molecule has 1 aliphatic rings. The summed E-state index contributed by atoms with van der Waals surface area (Å²) in [5.74, 6) is 1.29. The van der Waals surface area contributed by atoms with E-state index in [1.807, 2.05) is 30.3 Å². The molecule has 6 nitrogen and oxygen atoms in total. The van der Waals surface area contributed by atoms with Crippen molar-refractivity contribution >= 4 is 17.5 Å². The number of ether oxygens (including phenoxy) is 1. The van der Waals surface area contributed by atoms with Gasteiger partial charge in [-0.2, -0.15) is 0 Å². The highest BCUT2D eigenvalue weighted by Crippen LogP contribution is 2.27. The predicted octanol–water partition coefficient (Wildman–Crippen LogP) is 4.22. The molecule has 6 heteroatoms. The Morgan fingerprint density at radius 1 is 1.11 bits per heavy atom. The van der Waals surface area contributed by atoms with Gasteiger partial charge in [-0.3, -0.25) is 0 Å². The minimum absolute atomic E-state index is 0.0169. The normalized spacial score (nSPS) is 15.3. The van der Waals surface area contributed by atoms with Gasteiger partial charge in [0.1, 0.15) is 5.82 Å². The maximum Gasteiger partial charge on any atom is 0.319 e. The number of rotatable bonds is 7. The molecule has 150 valence electrons. The molecular weight excluding hydrogens is 352 g/mol. The molecule has 0 saturated carbocycles. The zero-order chi connectivity index (χ0) is 19.8. The molecule has 1 unspecified atom stereocenters. The Morgan fingerprint density at radius 3 is 2.43 bits per heavy atom. The average Bonchev–Trinajstić information content (AvgIpc) is 2.75. The summed E-state index contributed by atoms with van der Waals surface area (Å²) in [6.45, 7) is 7.46. The monoisotopic (exact) mass is 382 g/mol.